The molecule has 2 heterocycles. The Morgan fingerprint density at radius 1 is 0.625 bits per heavy atom. The number of aliphatic imine (C=N–C) groups is 3. The molecular weight excluding hydrogens is 587 g/mol. The normalized spacial score (nSPS) is 14.0. The highest BCUT2D eigenvalue weighted by atomic mass is 15.2. The lowest BCUT2D eigenvalue weighted by molar-refractivity contribution is 0.660. The average molecular weight is 620 g/mol. The number of para-hydroxylation sites is 2. The lowest BCUT2D eigenvalue weighted by atomic mass is 9.82. The fourth-order valence-corrected chi connectivity index (χ4v) is 7.99. The third kappa shape index (κ3) is 3.88. The second-order valence-electron chi connectivity index (χ2n) is 13.0. The van der Waals surface area contributed by atoms with Crippen LogP contribution in [-0.4, -0.2) is 35.2 Å². The largest absolute Gasteiger partial charge is 0.307 e. The first kappa shape index (κ1) is 28.2. The maximum absolute atomic E-state index is 4.61. The van der Waals surface area contributed by atoms with Gasteiger partial charge in [-0.15, -0.1) is 0 Å². The summed E-state index contributed by atoms with van der Waals surface area (Å²) in [5.41, 5.74) is 13.3. The summed E-state index contributed by atoms with van der Waals surface area (Å²) in [5, 5.41) is 4.66. The molecule has 1 aliphatic rings. The SMILES string of the molecule is C=NC=NC(=NC)n1c2ccccc2c2ccc3c4ccccc4n(-c4ccc(-c5ccc6c(c5)-c5ccccc5C6(C)C)cc4)c3c21. The van der Waals surface area contributed by atoms with Crippen molar-refractivity contribution < 1.29 is 0 Å². The van der Waals surface area contributed by atoms with Gasteiger partial charge in [0.15, 0.2) is 0 Å². The van der Waals surface area contributed by atoms with Crippen LogP contribution in [0.15, 0.2) is 142 Å². The van der Waals surface area contributed by atoms with E-state index in [1.165, 1.54) is 50.5 Å². The molecule has 0 unspecified atom stereocenters. The quantitative estimate of drug-likeness (QED) is 0.140. The number of aromatic nitrogens is 2. The smallest absolute Gasteiger partial charge is 0.231 e. The molecule has 0 bridgehead atoms. The van der Waals surface area contributed by atoms with Crippen molar-refractivity contribution in [3.8, 4) is 27.9 Å². The second-order valence-corrected chi connectivity index (χ2v) is 13.0. The number of nitrogens with zero attached hydrogens (tertiary/aromatic N) is 5. The Balaban J connectivity index is 1.28. The van der Waals surface area contributed by atoms with Gasteiger partial charge in [0.1, 0.15) is 6.34 Å². The van der Waals surface area contributed by atoms with Gasteiger partial charge in [0.25, 0.3) is 0 Å². The van der Waals surface area contributed by atoms with Crippen molar-refractivity contribution in [1.82, 2.24) is 9.13 Å². The van der Waals surface area contributed by atoms with Crippen LogP contribution in [0.4, 0.5) is 0 Å². The Morgan fingerprint density at radius 3 is 2.00 bits per heavy atom. The molecule has 0 saturated carbocycles. The standard InChI is InChI=1S/C43H33N5/c1-43(2)36-14-8-5-11-30(36)35-25-28(19-24-37(35)43)27-17-20-29(21-18-27)47-38-15-9-6-12-31(38)33-22-23-34-32-13-7-10-16-39(32)48(41(34)40(33)47)42(45-4)46-26-44-3/h5-26H,3H2,1-2,4H3. The van der Waals surface area contributed by atoms with Gasteiger partial charge in [0.2, 0.25) is 5.96 Å². The summed E-state index contributed by atoms with van der Waals surface area (Å²) in [4.78, 5) is 13.1. The van der Waals surface area contributed by atoms with E-state index in [2.05, 4.69) is 172 Å². The molecule has 6 aromatic carbocycles. The average Bonchev–Trinajstić information content (AvgIpc) is 3.72. The van der Waals surface area contributed by atoms with Gasteiger partial charge in [0.05, 0.1) is 22.1 Å². The molecule has 0 aliphatic heterocycles. The van der Waals surface area contributed by atoms with E-state index >= 15 is 0 Å². The van der Waals surface area contributed by atoms with Crippen LogP contribution in [0.2, 0.25) is 0 Å². The topological polar surface area (TPSA) is 46.9 Å². The van der Waals surface area contributed by atoms with E-state index in [-0.39, 0.29) is 5.41 Å². The molecule has 0 radical (unpaired) electrons. The van der Waals surface area contributed by atoms with Crippen molar-refractivity contribution in [3.63, 3.8) is 0 Å². The zero-order chi connectivity index (χ0) is 32.6. The number of hydrogen-bond acceptors (Lipinski definition) is 1. The summed E-state index contributed by atoms with van der Waals surface area (Å²) in [5.74, 6) is 0.551. The van der Waals surface area contributed by atoms with Gasteiger partial charge in [-0.3, -0.25) is 14.6 Å². The Hall–Kier alpha value is -6.07. The molecule has 0 atom stereocenters. The Kier molecular flexibility index (Phi) is 6.15. The van der Waals surface area contributed by atoms with Crippen molar-refractivity contribution in [2.24, 2.45) is 15.0 Å². The lowest BCUT2D eigenvalue weighted by Gasteiger charge is -2.21. The summed E-state index contributed by atoms with van der Waals surface area (Å²) in [6, 6.07) is 46.3. The highest BCUT2D eigenvalue weighted by Crippen LogP contribution is 2.49. The van der Waals surface area contributed by atoms with E-state index in [4.69, 9.17) is 0 Å². The zero-order valence-electron chi connectivity index (χ0n) is 27.1. The fourth-order valence-electron chi connectivity index (χ4n) is 7.99. The summed E-state index contributed by atoms with van der Waals surface area (Å²) in [7, 11) is 1.77. The highest BCUT2D eigenvalue weighted by Gasteiger charge is 2.35. The molecule has 8 aromatic rings. The van der Waals surface area contributed by atoms with Crippen molar-refractivity contribution in [2.75, 3.05) is 7.05 Å². The molecule has 9 rings (SSSR count). The minimum Gasteiger partial charge on any atom is -0.307 e. The van der Waals surface area contributed by atoms with Crippen LogP contribution in [0.5, 0.6) is 0 Å². The van der Waals surface area contributed by atoms with Crippen molar-refractivity contribution in [3.05, 3.63) is 139 Å². The van der Waals surface area contributed by atoms with Crippen LogP contribution in [0, 0.1) is 0 Å². The molecule has 5 heteroatoms. The highest BCUT2D eigenvalue weighted by molar-refractivity contribution is 6.26. The third-order valence-corrected chi connectivity index (χ3v) is 10.2. The van der Waals surface area contributed by atoms with Gasteiger partial charge in [-0.25, -0.2) is 4.99 Å². The van der Waals surface area contributed by atoms with Crippen LogP contribution in [0.1, 0.15) is 25.0 Å². The van der Waals surface area contributed by atoms with Crippen molar-refractivity contribution in [2.45, 2.75) is 19.3 Å². The molecule has 5 nitrogen and oxygen atoms in total. The number of hydrogen-bond donors (Lipinski definition) is 0. The molecule has 0 N–H and O–H groups in total. The van der Waals surface area contributed by atoms with Gasteiger partial charge >= 0.3 is 0 Å². The van der Waals surface area contributed by atoms with Crippen molar-refractivity contribution in [1.29, 1.82) is 0 Å². The van der Waals surface area contributed by atoms with E-state index in [0.29, 0.717) is 5.96 Å². The first-order valence-electron chi connectivity index (χ1n) is 16.3. The second kappa shape index (κ2) is 10.5. The van der Waals surface area contributed by atoms with Crippen LogP contribution < -0.4 is 0 Å². The van der Waals surface area contributed by atoms with Crippen molar-refractivity contribution >= 4 is 62.6 Å². The van der Waals surface area contributed by atoms with E-state index in [1.807, 2.05) is 0 Å². The minimum atomic E-state index is -0.00545. The first-order valence-corrected chi connectivity index (χ1v) is 16.3. The number of rotatable bonds is 3. The molecule has 2 aromatic heterocycles. The van der Waals surface area contributed by atoms with Crippen LogP contribution >= 0.6 is 0 Å². The molecule has 0 fully saturated rings. The van der Waals surface area contributed by atoms with E-state index in [1.54, 1.807) is 7.05 Å². The van der Waals surface area contributed by atoms with E-state index < -0.39 is 0 Å². The summed E-state index contributed by atoms with van der Waals surface area (Å²) in [6.07, 6.45) is 1.45. The monoisotopic (exact) mass is 619 g/mol. The molecule has 0 amide bonds. The molecule has 48 heavy (non-hydrogen) atoms. The third-order valence-electron chi connectivity index (χ3n) is 10.2. The van der Waals surface area contributed by atoms with E-state index in [9.17, 15) is 0 Å². The Bertz CT molecular complexity index is 2660. The predicted octanol–water partition coefficient (Wildman–Crippen LogP) is 10.4. The maximum atomic E-state index is 4.61. The predicted molar refractivity (Wildman–Crippen MR) is 204 cm³/mol. The fraction of sp³-hybridized carbons (Fsp3) is 0.0930. The number of benzene rings is 6. The summed E-state index contributed by atoms with van der Waals surface area (Å²) < 4.78 is 4.54. The first-order chi connectivity index (χ1) is 23.5. The molecule has 230 valence electrons. The van der Waals surface area contributed by atoms with Gasteiger partial charge < -0.3 is 4.57 Å². The van der Waals surface area contributed by atoms with Crippen LogP contribution in [0.3, 0.4) is 0 Å². The van der Waals surface area contributed by atoms with Gasteiger partial charge in [-0.05, 0) is 70.4 Å². The maximum Gasteiger partial charge on any atom is 0.231 e. The minimum absolute atomic E-state index is 0.00545. The van der Waals surface area contributed by atoms with Gasteiger partial charge in [-0.2, -0.15) is 0 Å². The molecule has 1 aliphatic carbocycles. The van der Waals surface area contributed by atoms with Gasteiger partial charge in [-0.1, -0.05) is 111 Å². The Labute approximate surface area is 278 Å². The molecule has 0 saturated heterocycles. The zero-order valence-corrected chi connectivity index (χ0v) is 27.1. The Morgan fingerprint density at radius 2 is 1.25 bits per heavy atom. The number of fused-ring (bicyclic) bond motifs is 10. The van der Waals surface area contributed by atoms with Crippen LogP contribution in [0.25, 0.3) is 71.6 Å². The lowest BCUT2D eigenvalue weighted by Crippen LogP contribution is -2.14. The summed E-state index contributed by atoms with van der Waals surface area (Å²) >= 11 is 0. The van der Waals surface area contributed by atoms with Gasteiger partial charge in [0, 0.05) is 39.7 Å². The van der Waals surface area contributed by atoms with Crippen LogP contribution in [-0.2, 0) is 5.41 Å². The summed E-state index contributed by atoms with van der Waals surface area (Å²) in [6.45, 7) is 8.25. The molecule has 0 spiro atoms. The molecular formula is C43H33N5. The van der Waals surface area contributed by atoms with E-state index in [0.717, 1.165) is 38.5 Å².